The largest absolute Gasteiger partial charge is 0.338 e. The molecule has 0 unspecified atom stereocenters. The molecule has 3 heterocycles. The number of amides is 1. The highest BCUT2D eigenvalue weighted by molar-refractivity contribution is 9.10. The Balaban J connectivity index is 1.64. The fourth-order valence-corrected chi connectivity index (χ4v) is 4.74. The van der Waals surface area contributed by atoms with Gasteiger partial charge in [-0.15, -0.1) is 11.3 Å². The van der Waals surface area contributed by atoms with Crippen LogP contribution in [0.15, 0.2) is 15.9 Å². The molecule has 2 aliphatic rings. The summed E-state index contributed by atoms with van der Waals surface area (Å²) in [5.41, 5.74) is 0.509. The molecule has 0 aromatic carbocycles. The van der Waals surface area contributed by atoms with Gasteiger partial charge < -0.3 is 10.2 Å². The number of thiophene rings is 1. The fourth-order valence-electron chi connectivity index (χ4n) is 3.23. The number of hydrogen-bond donors (Lipinski definition) is 1. The van der Waals surface area contributed by atoms with Crippen LogP contribution >= 0.6 is 27.3 Å². The Kier molecular flexibility index (Phi) is 3.96. The second kappa shape index (κ2) is 5.54. The van der Waals surface area contributed by atoms with Gasteiger partial charge in [0.1, 0.15) is 4.88 Å². The molecule has 0 saturated carbocycles. The predicted molar refractivity (Wildman–Crippen MR) is 81.7 cm³/mol. The number of piperidine rings is 2. The lowest BCUT2D eigenvalue weighted by molar-refractivity contribution is 0.0499. The number of rotatable bonds is 1. The molecule has 1 amide bonds. The van der Waals surface area contributed by atoms with E-state index in [0.29, 0.717) is 5.41 Å². The van der Waals surface area contributed by atoms with Gasteiger partial charge in [0.05, 0.1) is 0 Å². The highest BCUT2D eigenvalue weighted by Crippen LogP contribution is 2.40. The van der Waals surface area contributed by atoms with Gasteiger partial charge in [0.2, 0.25) is 0 Å². The van der Waals surface area contributed by atoms with Gasteiger partial charge in [-0.25, -0.2) is 0 Å². The molecule has 0 bridgehead atoms. The monoisotopic (exact) mass is 342 g/mol. The second-order valence-corrected chi connectivity index (χ2v) is 7.41. The summed E-state index contributed by atoms with van der Waals surface area (Å²) in [5, 5.41) is 5.40. The Morgan fingerprint density at radius 3 is 2.53 bits per heavy atom. The molecule has 0 aliphatic carbocycles. The summed E-state index contributed by atoms with van der Waals surface area (Å²) in [6.07, 6.45) is 4.89. The van der Waals surface area contributed by atoms with E-state index in [0.717, 1.165) is 35.5 Å². The molecule has 19 heavy (non-hydrogen) atoms. The summed E-state index contributed by atoms with van der Waals surface area (Å²) in [4.78, 5) is 15.3. The van der Waals surface area contributed by atoms with Crippen LogP contribution in [-0.4, -0.2) is 37.0 Å². The van der Waals surface area contributed by atoms with Gasteiger partial charge in [-0.3, -0.25) is 4.79 Å². The Morgan fingerprint density at radius 1 is 1.26 bits per heavy atom. The van der Waals surface area contributed by atoms with E-state index in [1.807, 2.05) is 16.3 Å². The molecule has 5 heteroatoms. The fraction of sp³-hybridized carbons (Fsp3) is 0.643. The molecule has 2 saturated heterocycles. The third kappa shape index (κ3) is 2.73. The molecule has 1 spiro atoms. The van der Waals surface area contributed by atoms with E-state index in [9.17, 15) is 4.79 Å². The van der Waals surface area contributed by atoms with E-state index in [4.69, 9.17) is 0 Å². The highest BCUT2D eigenvalue weighted by atomic mass is 79.9. The number of likely N-dealkylation sites (tertiary alicyclic amines) is 1. The first-order valence-electron chi connectivity index (χ1n) is 6.93. The molecule has 0 radical (unpaired) electrons. The normalized spacial score (nSPS) is 22.7. The molecular weight excluding hydrogens is 324 g/mol. The second-order valence-electron chi connectivity index (χ2n) is 5.64. The van der Waals surface area contributed by atoms with Crippen molar-refractivity contribution in [2.24, 2.45) is 5.41 Å². The third-order valence-corrected chi connectivity index (χ3v) is 6.41. The van der Waals surface area contributed by atoms with E-state index in [-0.39, 0.29) is 5.91 Å². The summed E-state index contributed by atoms with van der Waals surface area (Å²) in [5.74, 6) is 0.200. The number of halogens is 1. The average molecular weight is 343 g/mol. The highest BCUT2D eigenvalue weighted by Gasteiger charge is 2.37. The molecule has 3 nitrogen and oxygen atoms in total. The van der Waals surface area contributed by atoms with Crippen LogP contribution in [0, 0.1) is 5.41 Å². The Labute approximate surface area is 126 Å². The van der Waals surface area contributed by atoms with Crippen LogP contribution in [0.1, 0.15) is 35.4 Å². The molecule has 0 atom stereocenters. The summed E-state index contributed by atoms with van der Waals surface area (Å²) < 4.78 is 0.935. The maximum Gasteiger partial charge on any atom is 0.265 e. The van der Waals surface area contributed by atoms with Crippen molar-refractivity contribution >= 4 is 33.2 Å². The zero-order valence-electron chi connectivity index (χ0n) is 11.0. The summed E-state index contributed by atoms with van der Waals surface area (Å²) in [6, 6.07) is 1.95. The van der Waals surface area contributed by atoms with Crippen molar-refractivity contribution in [3.8, 4) is 0 Å². The molecule has 1 N–H and O–H groups in total. The summed E-state index contributed by atoms with van der Waals surface area (Å²) in [7, 11) is 0. The van der Waals surface area contributed by atoms with Crippen LogP contribution in [0.2, 0.25) is 0 Å². The minimum atomic E-state index is 0.200. The number of hydrogen-bond acceptors (Lipinski definition) is 3. The first kappa shape index (κ1) is 13.6. The van der Waals surface area contributed by atoms with Crippen molar-refractivity contribution in [1.82, 2.24) is 10.2 Å². The number of nitrogens with one attached hydrogen (secondary N) is 1. The van der Waals surface area contributed by atoms with E-state index < -0.39 is 0 Å². The summed E-state index contributed by atoms with van der Waals surface area (Å²) in [6.45, 7) is 4.13. The zero-order chi connectivity index (χ0) is 13.3. The van der Waals surface area contributed by atoms with Crippen LogP contribution in [0.3, 0.4) is 0 Å². The quantitative estimate of drug-likeness (QED) is 0.850. The van der Waals surface area contributed by atoms with Gasteiger partial charge in [-0.05, 0) is 71.6 Å². The summed E-state index contributed by atoms with van der Waals surface area (Å²) >= 11 is 4.99. The molecule has 2 aliphatic heterocycles. The van der Waals surface area contributed by atoms with Gasteiger partial charge in [-0.1, -0.05) is 0 Å². The van der Waals surface area contributed by atoms with Crippen LogP contribution in [0.5, 0.6) is 0 Å². The maximum atomic E-state index is 12.4. The lowest BCUT2D eigenvalue weighted by Crippen LogP contribution is -2.47. The van der Waals surface area contributed by atoms with Crippen LogP contribution in [0.4, 0.5) is 0 Å². The Morgan fingerprint density at radius 2 is 1.95 bits per heavy atom. The number of carbonyl (C=O) groups excluding carboxylic acids is 1. The van der Waals surface area contributed by atoms with Crippen LogP contribution in [0.25, 0.3) is 0 Å². The van der Waals surface area contributed by atoms with Crippen molar-refractivity contribution in [3.05, 3.63) is 20.8 Å². The van der Waals surface area contributed by atoms with Crippen molar-refractivity contribution in [3.63, 3.8) is 0 Å². The van der Waals surface area contributed by atoms with Gasteiger partial charge >= 0.3 is 0 Å². The zero-order valence-corrected chi connectivity index (χ0v) is 13.4. The molecular formula is C14H19BrN2OS. The molecule has 2 fully saturated rings. The van der Waals surface area contributed by atoms with E-state index >= 15 is 0 Å². The lowest BCUT2D eigenvalue weighted by atomic mass is 9.71. The number of nitrogens with zero attached hydrogens (tertiary/aromatic N) is 1. The first-order chi connectivity index (χ1) is 9.20. The van der Waals surface area contributed by atoms with E-state index in [1.54, 1.807) is 0 Å². The lowest BCUT2D eigenvalue weighted by Gasteiger charge is -2.44. The maximum absolute atomic E-state index is 12.4. The molecule has 3 rings (SSSR count). The van der Waals surface area contributed by atoms with Crippen LogP contribution in [-0.2, 0) is 0 Å². The number of carbonyl (C=O) groups is 1. The van der Waals surface area contributed by atoms with Crippen molar-refractivity contribution < 1.29 is 4.79 Å². The first-order valence-corrected chi connectivity index (χ1v) is 8.60. The smallest absolute Gasteiger partial charge is 0.265 e. The Bertz CT molecular complexity index is 458. The standard InChI is InChI=1S/C14H19BrN2OS/c15-11-1-10-19-12(11)13(18)17-8-4-14(5-9-17)2-6-16-7-3-14/h1,10,16H,2-9H2. The Hall–Kier alpha value is -0.390. The molecule has 1 aromatic rings. The van der Waals surface area contributed by atoms with E-state index in [2.05, 4.69) is 21.2 Å². The molecule has 104 valence electrons. The van der Waals surface area contributed by atoms with Gasteiger partial charge in [0, 0.05) is 17.6 Å². The topological polar surface area (TPSA) is 32.3 Å². The third-order valence-electron chi connectivity index (χ3n) is 4.59. The van der Waals surface area contributed by atoms with Crippen molar-refractivity contribution in [1.29, 1.82) is 0 Å². The minimum Gasteiger partial charge on any atom is -0.338 e. The van der Waals surface area contributed by atoms with Gasteiger partial charge in [0.15, 0.2) is 0 Å². The van der Waals surface area contributed by atoms with Crippen LogP contribution < -0.4 is 5.32 Å². The van der Waals surface area contributed by atoms with E-state index in [1.165, 1.54) is 37.0 Å². The van der Waals surface area contributed by atoms with Crippen molar-refractivity contribution in [2.45, 2.75) is 25.7 Å². The predicted octanol–water partition coefficient (Wildman–Crippen LogP) is 3.12. The molecule has 1 aromatic heterocycles. The average Bonchev–Trinajstić information content (AvgIpc) is 2.86. The SMILES string of the molecule is O=C(c1sccc1Br)N1CCC2(CCNCC2)CC1. The van der Waals surface area contributed by atoms with Crippen molar-refractivity contribution in [2.75, 3.05) is 26.2 Å². The van der Waals surface area contributed by atoms with Gasteiger partial charge in [-0.2, -0.15) is 0 Å². The minimum absolute atomic E-state index is 0.200. The van der Waals surface area contributed by atoms with Gasteiger partial charge in [0.25, 0.3) is 5.91 Å².